The molecule has 0 radical (unpaired) electrons. The number of carbonyl (C=O) groups excluding carboxylic acids is 1. The molecule has 204 valence electrons. The van der Waals surface area contributed by atoms with Crippen LogP contribution in [0.15, 0.2) is 54.6 Å². The van der Waals surface area contributed by atoms with Crippen molar-refractivity contribution in [1.82, 2.24) is 0 Å². The number of esters is 1. The molecule has 1 atom stereocenters. The number of methoxy groups -OCH3 is 1. The lowest BCUT2D eigenvalue weighted by Crippen LogP contribution is -2.17. The summed E-state index contributed by atoms with van der Waals surface area (Å²) in [7, 11) is 1.15. The Kier molecular flexibility index (Phi) is 8.38. The van der Waals surface area contributed by atoms with Crippen LogP contribution in [0.5, 0.6) is 0 Å². The van der Waals surface area contributed by atoms with Gasteiger partial charge in [0.25, 0.3) is 0 Å². The van der Waals surface area contributed by atoms with Crippen LogP contribution >= 0.6 is 0 Å². The molecule has 0 aliphatic rings. The van der Waals surface area contributed by atoms with Crippen LogP contribution in [0.25, 0.3) is 11.1 Å². The molecule has 0 spiro atoms. The third kappa shape index (κ3) is 7.02. The van der Waals surface area contributed by atoms with E-state index in [0.29, 0.717) is 18.2 Å². The summed E-state index contributed by atoms with van der Waals surface area (Å²) in [4.78, 5) is 12.6. The molecule has 0 amide bonds. The SMILES string of the molecule is COC(=O)C(CC(C)C)c1cc(Nc2ccc(F)cc2C(F)(F)F)cc(-c2cc(F)cc(C(F)(F)F)c2)c1. The average Bonchev–Trinajstić information content (AvgIpc) is 2.81. The Morgan fingerprint density at radius 2 is 1.50 bits per heavy atom. The summed E-state index contributed by atoms with van der Waals surface area (Å²) in [6.07, 6.45) is -9.55. The van der Waals surface area contributed by atoms with Gasteiger partial charge in [0, 0.05) is 5.69 Å². The Labute approximate surface area is 213 Å². The number of benzene rings is 3. The number of alkyl halides is 6. The van der Waals surface area contributed by atoms with E-state index < -0.39 is 52.7 Å². The maximum Gasteiger partial charge on any atom is 0.418 e. The molecule has 0 saturated carbocycles. The highest BCUT2D eigenvalue weighted by molar-refractivity contribution is 5.81. The summed E-state index contributed by atoms with van der Waals surface area (Å²) < 4.78 is 113. The first kappa shape index (κ1) is 28.9. The predicted molar refractivity (Wildman–Crippen MR) is 126 cm³/mol. The fourth-order valence-electron chi connectivity index (χ4n) is 4.01. The molecule has 0 bridgehead atoms. The second kappa shape index (κ2) is 11.0. The minimum atomic E-state index is -4.93. The quantitative estimate of drug-likeness (QED) is 0.238. The Morgan fingerprint density at radius 1 is 0.842 bits per heavy atom. The third-order valence-electron chi connectivity index (χ3n) is 5.67. The van der Waals surface area contributed by atoms with E-state index in [4.69, 9.17) is 4.74 Å². The van der Waals surface area contributed by atoms with E-state index in [9.17, 15) is 39.9 Å². The lowest BCUT2D eigenvalue weighted by Gasteiger charge is -2.21. The van der Waals surface area contributed by atoms with Gasteiger partial charge in [0.1, 0.15) is 11.6 Å². The molecular formula is C27H23F8NO2. The molecule has 11 heteroatoms. The van der Waals surface area contributed by atoms with E-state index in [1.54, 1.807) is 0 Å². The van der Waals surface area contributed by atoms with Crippen molar-refractivity contribution in [2.24, 2.45) is 5.92 Å². The highest BCUT2D eigenvalue weighted by atomic mass is 19.4. The molecule has 0 aliphatic heterocycles. The zero-order valence-electron chi connectivity index (χ0n) is 20.4. The van der Waals surface area contributed by atoms with Crippen molar-refractivity contribution >= 4 is 17.3 Å². The number of rotatable bonds is 7. The molecule has 3 aromatic carbocycles. The first-order valence-electron chi connectivity index (χ1n) is 11.3. The number of anilines is 2. The molecule has 0 fully saturated rings. The standard InChI is InChI=1S/C27H23F8NO2/c1-14(2)6-22(25(37)38-3)17-7-15(16-8-18(26(30,31)32)12-20(29)9-16)10-21(11-17)36-24-5-4-19(28)13-23(24)27(33,34)35/h4-5,7-14,22,36H,6H2,1-3H3. The summed E-state index contributed by atoms with van der Waals surface area (Å²) in [6, 6.07) is 7.74. The van der Waals surface area contributed by atoms with Crippen molar-refractivity contribution in [3.63, 3.8) is 0 Å². The third-order valence-corrected chi connectivity index (χ3v) is 5.67. The van der Waals surface area contributed by atoms with Gasteiger partial charge in [-0.3, -0.25) is 4.79 Å². The van der Waals surface area contributed by atoms with E-state index in [1.807, 2.05) is 13.8 Å². The van der Waals surface area contributed by atoms with Crippen LogP contribution < -0.4 is 5.32 Å². The number of hydrogen-bond donors (Lipinski definition) is 1. The zero-order valence-corrected chi connectivity index (χ0v) is 20.4. The van der Waals surface area contributed by atoms with Gasteiger partial charge >= 0.3 is 18.3 Å². The first-order valence-corrected chi connectivity index (χ1v) is 11.3. The molecule has 0 aliphatic carbocycles. The van der Waals surface area contributed by atoms with Gasteiger partial charge in [0.2, 0.25) is 0 Å². The van der Waals surface area contributed by atoms with Gasteiger partial charge in [-0.05, 0) is 77.6 Å². The van der Waals surface area contributed by atoms with E-state index >= 15 is 0 Å². The Hall–Kier alpha value is -3.63. The van der Waals surface area contributed by atoms with Crippen LogP contribution in [0.4, 0.5) is 46.5 Å². The van der Waals surface area contributed by atoms with Gasteiger partial charge in [-0.25, -0.2) is 8.78 Å². The van der Waals surface area contributed by atoms with Gasteiger partial charge in [-0.1, -0.05) is 19.9 Å². The van der Waals surface area contributed by atoms with Crippen LogP contribution in [0.1, 0.15) is 42.9 Å². The lowest BCUT2D eigenvalue weighted by atomic mass is 9.88. The number of nitrogens with one attached hydrogen (secondary N) is 1. The zero-order chi connectivity index (χ0) is 28.4. The van der Waals surface area contributed by atoms with Gasteiger partial charge in [-0.15, -0.1) is 0 Å². The highest BCUT2D eigenvalue weighted by Crippen LogP contribution is 2.39. The Balaban J connectivity index is 2.24. The minimum absolute atomic E-state index is 0.00308. The molecule has 3 rings (SSSR count). The smallest absolute Gasteiger partial charge is 0.418 e. The molecule has 0 heterocycles. The van der Waals surface area contributed by atoms with Gasteiger partial charge in [0.05, 0.1) is 29.8 Å². The topological polar surface area (TPSA) is 38.3 Å². The second-order valence-electron chi connectivity index (χ2n) is 9.09. The van der Waals surface area contributed by atoms with Crippen molar-refractivity contribution < 1.29 is 44.7 Å². The normalized spacial score (nSPS) is 12.9. The predicted octanol–water partition coefficient (Wildman–Crippen LogP) is 8.72. The van der Waals surface area contributed by atoms with Crippen LogP contribution in [0, 0.1) is 17.6 Å². The molecule has 1 N–H and O–H groups in total. The molecule has 0 aromatic heterocycles. The van der Waals surface area contributed by atoms with Crippen LogP contribution in [0.2, 0.25) is 0 Å². The lowest BCUT2D eigenvalue weighted by molar-refractivity contribution is -0.143. The molecule has 1 unspecified atom stereocenters. The fraction of sp³-hybridized carbons (Fsp3) is 0.296. The summed E-state index contributed by atoms with van der Waals surface area (Å²) in [5, 5.41) is 2.53. The van der Waals surface area contributed by atoms with Crippen molar-refractivity contribution in [3.05, 3.63) is 82.9 Å². The van der Waals surface area contributed by atoms with Crippen LogP contribution in [0.3, 0.4) is 0 Å². The van der Waals surface area contributed by atoms with Gasteiger partial charge in [0.15, 0.2) is 0 Å². The second-order valence-corrected chi connectivity index (χ2v) is 9.09. The van der Waals surface area contributed by atoms with Gasteiger partial charge in [-0.2, -0.15) is 26.3 Å². The number of hydrogen-bond acceptors (Lipinski definition) is 3. The average molecular weight is 545 g/mol. The largest absolute Gasteiger partial charge is 0.469 e. The maximum atomic E-state index is 14.2. The van der Waals surface area contributed by atoms with E-state index in [-0.39, 0.29) is 34.7 Å². The summed E-state index contributed by atoms with van der Waals surface area (Å²) >= 11 is 0. The van der Waals surface area contributed by atoms with Crippen molar-refractivity contribution in [2.45, 2.75) is 38.5 Å². The monoisotopic (exact) mass is 545 g/mol. The Morgan fingerprint density at radius 3 is 2.08 bits per heavy atom. The Bertz CT molecular complexity index is 1320. The molecule has 38 heavy (non-hydrogen) atoms. The van der Waals surface area contributed by atoms with E-state index in [0.717, 1.165) is 25.3 Å². The maximum absolute atomic E-state index is 14.2. The van der Waals surface area contributed by atoms with Crippen molar-refractivity contribution in [3.8, 4) is 11.1 Å². The number of ether oxygens (including phenoxy) is 1. The highest BCUT2D eigenvalue weighted by Gasteiger charge is 2.35. The van der Waals surface area contributed by atoms with E-state index in [2.05, 4.69) is 5.32 Å². The van der Waals surface area contributed by atoms with Gasteiger partial charge < -0.3 is 10.1 Å². The van der Waals surface area contributed by atoms with Crippen molar-refractivity contribution in [2.75, 3.05) is 12.4 Å². The van der Waals surface area contributed by atoms with Crippen molar-refractivity contribution in [1.29, 1.82) is 0 Å². The molecule has 3 aromatic rings. The number of carbonyl (C=O) groups is 1. The first-order chi connectivity index (χ1) is 17.6. The molecule has 3 nitrogen and oxygen atoms in total. The molecule has 0 saturated heterocycles. The number of halogens is 8. The minimum Gasteiger partial charge on any atom is -0.469 e. The molecular weight excluding hydrogens is 522 g/mol. The summed E-state index contributed by atoms with van der Waals surface area (Å²) in [5.41, 5.74) is -3.16. The van der Waals surface area contributed by atoms with Crippen LogP contribution in [-0.4, -0.2) is 13.1 Å². The fourth-order valence-corrected chi connectivity index (χ4v) is 4.01. The summed E-state index contributed by atoms with van der Waals surface area (Å²) in [6.45, 7) is 3.63. The summed E-state index contributed by atoms with van der Waals surface area (Å²) in [5.74, 6) is -3.95. The van der Waals surface area contributed by atoms with Crippen LogP contribution in [-0.2, 0) is 21.9 Å². The van der Waals surface area contributed by atoms with E-state index in [1.165, 1.54) is 18.2 Å².